The monoisotopic (exact) mass is 348 g/mol. The van der Waals surface area contributed by atoms with Crippen molar-refractivity contribution in [2.45, 2.75) is 63.8 Å². The van der Waals surface area contributed by atoms with E-state index in [0.717, 1.165) is 45.1 Å². The molecule has 1 heterocycles. The molecule has 23 heavy (non-hydrogen) atoms. The van der Waals surface area contributed by atoms with Crippen LogP contribution in [0.4, 0.5) is 0 Å². The van der Waals surface area contributed by atoms with Crippen molar-refractivity contribution in [1.82, 2.24) is 0 Å². The normalized spacial score (nSPS) is 31.5. The Kier molecular flexibility index (Phi) is 7.70. The third kappa shape index (κ3) is 7.02. The van der Waals surface area contributed by atoms with Crippen molar-refractivity contribution in [3.63, 3.8) is 0 Å². The molecule has 0 aromatic rings. The Hall–Kier alpha value is -0.260. The summed E-state index contributed by atoms with van der Waals surface area (Å²) < 4.78 is 33.0. The van der Waals surface area contributed by atoms with Gasteiger partial charge in [-0.2, -0.15) is 0 Å². The molecule has 2 atom stereocenters. The fourth-order valence-electron chi connectivity index (χ4n) is 3.13. The van der Waals surface area contributed by atoms with Crippen molar-refractivity contribution in [2.24, 2.45) is 5.92 Å². The molecular weight excluding hydrogens is 319 g/mol. The molecule has 1 aliphatic heterocycles. The van der Waals surface area contributed by atoms with Crippen LogP contribution in [-0.4, -0.2) is 45.2 Å². The summed E-state index contributed by atoms with van der Waals surface area (Å²) in [5.41, 5.74) is 0. The lowest BCUT2D eigenvalue weighted by atomic mass is 9.84. The van der Waals surface area contributed by atoms with Gasteiger partial charge in [0.25, 0.3) is 0 Å². The van der Waals surface area contributed by atoms with Crippen molar-refractivity contribution in [2.75, 3.05) is 27.0 Å². The second kappa shape index (κ2) is 9.28. The highest BCUT2D eigenvalue weighted by atomic mass is 31.2. The maximum absolute atomic E-state index is 11.9. The molecule has 7 heteroatoms. The Morgan fingerprint density at radius 2 is 1.91 bits per heavy atom. The molecular formula is C16H29O6P. The summed E-state index contributed by atoms with van der Waals surface area (Å²) in [5, 5.41) is 0. The molecule has 0 aromatic heterocycles. The zero-order valence-electron chi connectivity index (χ0n) is 14.2. The van der Waals surface area contributed by atoms with Crippen molar-refractivity contribution in [3.05, 3.63) is 0 Å². The second-order valence-corrected chi connectivity index (χ2v) is 8.71. The Morgan fingerprint density at radius 1 is 1.17 bits per heavy atom. The smallest absolute Gasteiger partial charge is 0.327 e. The van der Waals surface area contributed by atoms with Gasteiger partial charge >= 0.3 is 7.60 Å². The third-order valence-corrected chi connectivity index (χ3v) is 5.85. The highest BCUT2D eigenvalue weighted by Crippen LogP contribution is 2.42. The van der Waals surface area contributed by atoms with E-state index in [1.54, 1.807) is 0 Å². The van der Waals surface area contributed by atoms with Gasteiger partial charge in [0, 0.05) is 26.8 Å². The maximum atomic E-state index is 11.9. The van der Waals surface area contributed by atoms with Gasteiger partial charge in [-0.3, -0.25) is 9.36 Å². The molecule has 2 unspecified atom stereocenters. The fraction of sp³-hybridized carbons (Fsp3) is 0.938. The Balaban J connectivity index is 1.62. The van der Waals surface area contributed by atoms with Gasteiger partial charge in [-0.05, 0) is 50.9 Å². The molecule has 2 aliphatic rings. The number of ether oxygens (including phenoxy) is 2. The molecule has 0 amide bonds. The van der Waals surface area contributed by atoms with Crippen LogP contribution in [0.3, 0.4) is 0 Å². The van der Waals surface area contributed by atoms with Crippen LogP contribution in [-0.2, 0) is 27.9 Å². The predicted molar refractivity (Wildman–Crippen MR) is 86.5 cm³/mol. The quantitative estimate of drug-likeness (QED) is 0.625. The van der Waals surface area contributed by atoms with Gasteiger partial charge in [0.2, 0.25) is 0 Å². The van der Waals surface area contributed by atoms with Crippen molar-refractivity contribution < 1.29 is 27.9 Å². The van der Waals surface area contributed by atoms with Crippen LogP contribution in [0.1, 0.15) is 51.4 Å². The number of rotatable bonds is 8. The molecule has 0 spiro atoms. The molecule has 0 aromatic carbocycles. The number of carbonyl (C=O) groups is 1. The van der Waals surface area contributed by atoms with Crippen LogP contribution in [0.5, 0.6) is 0 Å². The molecule has 2 fully saturated rings. The van der Waals surface area contributed by atoms with Gasteiger partial charge in [-0.1, -0.05) is 0 Å². The van der Waals surface area contributed by atoms with Gasteiger partial charge in [0.1, 0.15) is 6.61 Å². The van der Waals surface area contributed by atoms with Crippen LogP contribution in [0.25, 0.3) is 0 Å². The minimum Gasteiger partial charge on any atom is -0.353 e. The molecule has 134 valence electrons. The van der Waals surface area contributed by atoms with E-state index in [4.69, 9.17) is 18.5 Å². The second-order valence-electron chi connectivity index (χ2n) is 6.55. The molecule has 0 N–H and O–H groups in total. The minimum atomic E-state index is -3.07. The summed E-state index contributed by atoms with van der Waals surface area (Å²) in [7, 11) is -1.74. The Bertz CT molecular complexity index is 413. The summed E-state index contributed by atoms with van der Waals surface area (Å²) in [6.07, 6.45) is 7.92. The van der Waals surface area contributed by atoms with Gasteiger partial charge in [-0.25, -0.2) is 0 Å². The summed E-state index contributed by atoms with van der Waals surface area (Å²) in [4.78, 5) is 11.9. The highest BCUT2D eigenvalue weighted by molar-refractivity contribution is 7.52. The van der Waals surface area contributed by atoms with E-state index in [-0.39, 0.29) is 24.8 Å². The van der Waals surface area contributed by atoms with E-state index < -0.39 is 7.60 Å². The average Bonchev–Trinajstić information content (AvgIpc) is 2.56. The van der Waals surface area contributed by atoms with Gasteiger partial charge in [0.05, 0.1) is 6.10 Å². The summed E-state index contributed by atoms with van der Waals surface area (Å²) in [5.74, 6) is 0.362. The van der Waals surface area contributed by atoms with E-state index in [9.17, 15) is 9.36 Å². The number of hydrogen-bond donors (Lipinski definition) is 0. The lowest BCUT2D eigenvalue weighted by Gasteiger charge is -2.32. The van der Waals surface area contributed by atoms with E-state index in [1.165, 1.54) is 20.2 Å². The molecule has 6 nitrogen and oxygen atoms in total. The lowest BCUT2D eigenvalue weighted by Crippen LogP contribution is -2.31. The first-order valence-corrected chi connectivity index (χ1v) is 10.5. The molecule has 0 bridgehead atoms. The third-order valence-electron chi connectivity index (χ3n) is 4.58. The summed E-state index contributed by atoms with van der Waals surface area (Å²) >= 11 is 0. The topological polar surface area (TPSA) is 71.1 Å². The molecule has 1 saturated carbocycles. The molecule has 0 radical (unpaired) electrons. The number of carbonyl (C=O) groups excluding carboxylic acids is 1. The SMILES string of the molecule is COP(C)(=O)OCC(=O)CC1CCC(OC2CCCCO2)CC1. The maximum Gasteiger partial charge on any atom is 0.327 e. The molecule has 2 rings (SSSR count). The van der Waals surface area contributed by atoms with Crippen LogP contribution in [0.15, 0.2) is 0 Å². The number of hydrogen-bond acceptors (Lipinski definition) is 6. The zero-order valence-corrected chi connectivity index (χ0v) is 15.1. The standard InChI is InChI=1S/C16H29O6P/c1-19-23(2,18)21-12-14(17)11-13-6-8-15(9-7-13)22-16-5-3-4-10-20-16/h13,15-16H,3-12H2,1-2H3. The van der Waals surface area contributed by atoms with Crippen molar-refractivity contribution in [1.29, 1.82) is 0 Å². The number of Topliss-reactive ketones (excluding diaryl/α,β-unsaturated/α-hetero) is 1. The van der Waals surface area contributed by atoms with Gasteiger partial charge in [-0.15, -0.1) is 0 Å². The van der Waals surface area contributed by atoms with E-state index in [2.05, 4.69) is 0 Å². The van der Waals surface area contributed by atoms with E-state index >= 15 is 0 Å². The van der Waals surface area contributed by atoms with Crippen LogP contribution < -0.4 is 0 Å². The van der Waals surface area contributed by atoms with Crippen LogP contribution in [0.2, 0.25) is 0 Å². The fourth-order valence-corrected chi connectivity index (χ4v) is 3.61. The van der Waals surface area contributed by atoms with Crippen molar-refractivity contribution in [3.8, 4) is 0 Å². The summed E-state index contributed by atoms with van der Waals surface area (Å²) in [6, 6.07) is 0. The highest BCUT2D eigenvalue weighted by Gasteiger charge is 2.27. The molecule has 1 aliphatic carbocycles. The van der Waals surface area contributed by atoms with E-state index in [1.807, 2.05) is 0 Å². The summed E-state index contributed by atoms with van der Waals surface area (Å²) in [6.45, 7) is 2.04. The Morgan fingerprint density at radius 3 is 2.52 bits per heavy atom. The predicted octanol–water partition coefficient (Wildman–Crippen LogP) is 3.53. The largest absolute Gasteiger partial charge is 0.353 e. The Labute approximate surface area is 138 Å². The zero-order chi connectivity index (χ0) is 16.7. The minimum absolute atomic E-state index is 0.0101. The first kappa shape index (κ1) is 19.1. The average molecular weight is 348 g/mol. The number of ketones is 1. The first-order valence-electron chi connectivity index (χ1n) is 8.55. The van der Waals surface area contributed by atoms with Gasteiger partial charge < -0.3 is 18.5 Å². The van der Waals surface area contributed by atoms with Crippen molar-refractivity contribution >= 4 is 13.4 Å². The first-order chi connectivity index (χ1) is 11.0. The van der Waals surface area contributed by atoms with Crippen LogP contribution in [0, 0.1) is 5.92 Å². The van der Waals surface area contributed by atoms with Gasteiger partial charge in [0.15, 0.2) is 12.1 Å². The lowest BCUT2D eigenvalue weighted by molar-refractivity contribution is -0.194. The molecule has 1 saturated heterocycles. The van der Waals surface area contributed by atoms with E-state index in [0.29, 0.717) is 12.3 Å². The van der Waals surface area contributed by atoms with Crippen LogP contribution >= 0.6 is 7.60 Å².